The molecule has 0 spiro atoms. The maximum atomic E-state index is 13.1. The van der Waals surface area contributed by atoms with Crippen molar-refractivity contribution in [2.45, 2.75) is 39.8 Å². The maximum absolute atomic E-state index is 13.1. The van der Waals surface area contributed by atoms with Gasteiger partial charge in [0, 0.05) is 25.5 Å². The van der Waals surface area contributed by atoms with Gasteiger partial charge in [0.15, 0.2) is 0 Å². The van der Waals surface area contributed by atoms with Gasteiger partial charge < -0.3 is 14.8 Å². The molecule has 0 aliphatic carbocycles. The van der Waals surface area contributed by atoms with E-state index in [2.05, 4.69) is 5.32 Å². The highest BCUT2D eigenvalue weighted by Gasteiger charge is 2.15. The number of carbonyl (C=O) groups excluding carboxylic acids is 3. The van der Waals surface area contributed by atoms with Crippen molar-refractivity contribution in [3.8, 4) is 0 Å². The number of benzene rings is 3. The van der Waals surface area contributed by atoms with Gasteiger partial charge in [0.05, 0.1) is 6.61 Å². The van der Waals surface area contributed by atoms with Gasteiger partial charge in [-0.15, -0.1) is 0 Å². The topological polar surface area (TPSA) is 81.7 Å². The van der Waals surface area contributed by atoms with E-state index in [0.717, 1.165) is 21.9 Å². The lowest BCUT2D eigenvalue weighted by molar-refractivity contribution is -0.143. The number of amides is 1. The molecule has 3 aromatic rings. The van der Waals surface area contributed by atoms with Gasteiger partial charge in [0.25, 0.3) is 5.91 Å². The zero-order chi connectivity index (χ0) is 22.9. The summed E-state index contributed by atoms with van der Waals surface area (Å²) < 4.78 is 10.1. The highest BCUT2D eigenvalue weighted by atomic mass is 16.5. The molecule has 0 aromatic heterocycles. The molecule has 0 atom stereocenters. The van der Waals surface area contributed by atoms with Crippen LogP contribution in [0.5, 0.6) is 0 Å². The van der Waals surface area contributed by atoms with Crippen LogP contribution in [0.4, 0.5) is 0 Å². The largest absolute Gasteiger partial charge is 0.466 e. The molecule has 1 N–H and O–H groups in total. The second-order valence-corrected chi connectivity index (χ2v) is 7.40. The molecule has 0 saturated heterocycles. The van der Waals surface area contributed by atoms with Gasteiger partial charge in [-0.25, -0.2) is 0 Å². The fraction of sp³-hybridized carbons (Fsp3) is 0.269. The Morgan fingerprint density at radius 3 is 2.47 bits per heavy atom. The lowest BCUT2D eigenvalue weighted by Crippen LogP contribution is -2.24. The van der Waals surface area contributed by atoms with Gasteiger partial charge in [-0.1, -0.05) is 54.6 Å². The van der Waals surface area contributed by atoms with Crippen LogP contribution in [0, 0.1) is 0 Å². The number of hydrogen-bond donors (Lipinski definition) is 1. The summed E-state index contributed by atoms with van der Waals surface area (Å²) >= 11 is 0. The maximum Gasteiger partial charge on any atom is 0.306 e. The molecule has 6 heteroatoms. The van der Waals surface area contributed by atoms with Gasteiger partial charge in [-0.3, -0.25) is 14.4 Å². The number of fused-ring (bicyclic) bond motifs is 1. The molecular weight excluding hydrogens is 406 g/mol. The van der Waals surface area contributed by atoms with Crippen molar-refractivity contribution in [3.05, 3.63) is 82.9 Å². The number of ether oxygens (including phenoxy) is 2. The molecule has 166 valence electrons. The van der Waals surface area contributed by atoms with E-state index in [-0.39, 0.29) is 24.9 Å². The van der Waals surface area contributed by atoms with Gasteiger partial charge in [0.1, 0.15) is 6.61 Å². The summed E-state index contributed by atoms with van der Waals surface area (Å²) in [7, 11) is 0. The number of esters is 2. The monoisotopic (exact) mass is 433 g/mol. The highest BCUT2D eigenvalue weighted by molar-refractivity contribution is 5.96. The Kier molecular flexibility index (Phi) is 7.97. The van der Waals surface area contributed by atoms with E-state index in [9.17, 15) is 14.4 Å². The first kappa shape index (κ1) is 23.0. The van der Waals surface area contributed by atoms with Gasteiger partial charge in [-0.2, -0.15) is 0 Å². The molecule has 0 heterocycles. The minimum atomic E-state index is -0.390. The molecule has 0 aliphatic rings. The zero-order valence-corrected chi connectivity index (χ0v) is 18.4. The Bertz CT molecular complexity index is 1120. The Morgan fingerprint density at radius 2 is 1.69 bits per heavy atom. The van der Waals surface area contributed by atoms with Crippen molar-refractivity contribution in [1.82, 2.24) is 5.32 Å². The van der Waals surface area contributed by atoms with Crippen LogP contribution in [-0.4, -0.2) is 24.5 Å². The number of hydrogen-bond acceptors (Lipinski definition) is 5. The fourth-order valence-corrected chi connectivity index (χ4v) is 3.51. The Balaban J connectivity index is 1.79. The highest BCUT2D eigenvalue weighted by Crippen LogP contribution is 2.20. The van der Waals surface area contributed by atoms with Crippen LogP contribution in [0.25, 0.3) is 10.8 Å². The van der Waals surface area contributed by atoms with Crippen LogP contribution >= 0.6 is 0 Å². The van der Waals surface area contributed by atoms with Crippen LogP contribution in [0.2, 0.25) is 0 Å². The van der Waals surface area contributed by atoms with Gasteiger partial charge >= 0.3 is 11.9 Å². The third-order valence-electron chi connectivity index (χ3n) is 5.08. The van der Waals surface area contributed by atoms with E-state index in [1.807, 2.05) is 42.5 Å². The molecule has 0 radical (unpaired) electrons. The minimum absolute atomic E-state index is 0.0804. The Labute approximate surface area is 187 Å². The van der Waals surface area contributed by atoms with Crippen LogP contribution in [0.1, 0.15) is 47.3 Å². The zero-order valence-electron chi connectivity index (χ0n) is 18.4. The normalized spacial score (nSPS) is 10.6. The van der Waals surface area contributed by atoms with E-state index in [1.54, 1.807) is 25.1 Å². The molecule has 3 rings (SSSR count). The van der Waals surface area contributed by atoms with Crippen molar-refractivity contribution in [2.24, 2.45) is 0 Å². The van der Waals surface area contributed by atoms with E-state index in [1.165, 1.54) is 6.92 Å². The third kappa shape index (κ3) is 6.17. The van der Waals surface area contributed by atoms with E-state index < -0.39 is 5.97 Å². The summed E-state index contributed by atoms with van der Waals surface area (Å²) in [5.74, 6) is -0.946. The molecule has 0 fully saturated rings. The molecule has 3 aromatic carbocycles. The molecule has 6 nitrogen and oxygen atoms in total. The molecule has 0 saturated carbocycles. The van der Waals surface area contributed by atoms with Crippen molar-refractivity contribution in [3.63, 3.8) is 0 Å². The average Bonchev–Trinajstić information content (AvgIpc) is 2.80. The summed E-state index contributed by atoms with van der Waals surface area (Å²) in [5.41, 5.74) is 2.91. The van der Waals surface area contributed by atoms with Gasteiger partial charge in [-0.05, 0) is 46.9 Å². The lowest BCUT2D eigenvalue weighted by atomic mass is 9.99. The molecule has 0 aliphatic heterocycles. The number of aryl methyl sites for hydroxylation is 1. The van der Waals surface area contributed by atoms with E-state index in [0.29, 0.717) is 30.7 Å². The van der Waals surface area contributed by atoms with Crippen molar-refractivity contribution >= 4 is 28.6 Å². The quantitative estimate of drug-likeness (QED) is 0.508. The molecular formula is C26H27NO5. The number of rotatable bonds is 9. The minimum Gasteiger partial charge on any atom is -0.466 e. The summed E-state index contributed by atoms with van der Waals surface area (Å²) in [5, 5.41) is 5.18. The summed E-state index contributed by atoms with van der Waals surface area (Å²) in [6.07, 6.45) is 0.560. The van der Waals surface area contributed by atoms with E-state index in [4.69, 9.17) is 9.47 Å². The SMILES string of the molecule is CCOC(=O)CCc1ccc(COC(C)=O)cc1C(=O)NCc1cccc2ccccc12. The van der Waals surface area contributed by atoms with Crippen LogP contribution in [0.15, 0.2) is 60.7 Å². The predicted octanol–water partition coefficient (Wildman–Crippen LogP) is 4.33. The van der Waals surface area contributed by atoms with Gasteiger partial charge in [0.2, 0.25) is 0 Å². The first-order valence-electron chi connectivity index (χ1n) is 10.6. The summed E-state index contributed by atoms with van der Waals surface area (Å²) in [6, 6.07) is 19.3. The smallest absolute Gasteiger partial charge is 0.306 e. The predicted molar refractivity (Wildman–Crippen MR) is 122 cm³/mol. The number of carbonyl (C=O) groups is 3. The second kappa shape index (κ2) is 11.1. The molecule has 1 amide bonds. The van der Waals surface area contributed by atoms with Crippen LogP contribution in [0.3, 0.4) is 0 Å². The third-order valence-corrected chi connectivity index (χ3v) is 5.08. The molecule has 32 heavy (non-hydrogen) atoms. The fourth-order valence-electron chi connectivity index (χ4n) is 3.51. The van der Waals surface area contributed by atoms with E-state index >= 15 is 0 Å². The second-order valence-electron chi connectivity index (χ2n) is 7.40. The average molecular weight is 434 g/mol. The van der Waals surface area contributed by atoms with Crippen molar-refractivity contribution in [1.29, 1.82) is 0 Å². The number of nitrogens with one attached hydrogen (secondary N) is 1. The van der Waals surface area contributed by atoms with Crippen LogP contribution < -0.4 is 5.32 Å². The molecule has 0 unspecified atom stereocenters. The lowest BCUT2D eigenvalue weighted by Gasteiger charge is -2.13. The standard InChI is InChI=1S/C26H27NO5/c1-3-31-25(29)14-13-21-12-11-19(17-32-18(2)28)15-24(21)26(30)27-16-22-9-6-8-20-7-4-5-10-23(20)22/h4-12,15H,3,13-14,16-17H2,1-2H3,(H,27,30). The molecule has 0 bridgehead atoms. The first-order valence-corrected chi connectivity index (χ1v) is 10.6. The van der Waals surface area contributed by atoms with Crippen molar-refractivity contribution in [2.75, 3.05) is 6.61 Å². The van der Waals surface area contributed by atoms with Crippen molar-refractivity contribution < 1.29 is 23.9 Å². The summed E-state index contributed by atoms with van der Waals surface area (Å²) in [4.78, 5) is 36.1. The Hall–Kier alpha value is -3.67. The van der Waals surface area contributed by atoms with Crippen LogP contribution in [-0.2, 0) is 38.6 Å². The first-order chi connectivity index (χ1) is 15.5. The summed E-state index contributed by atoms with van der Waals surface area (Å²) in [6.45, 7) is 3.86. The Morgan fingerprint density at radius 1 is 0.906 bits per heavy atom.